The average Bonchev–Trinajstić information content (AvgIpc) is 2.82. The first-order chi connectivity index (χ1) is 9.61. The van der Waals surface area contributed by atoms with E-state index in [4.69, 9.17) is 4.74 Å². The molecule has 1 amide bonds. The zero-order chi connectivity index (χ0) is 14.5. The first-order valence-corrected chi connectivity index (χ1v) is 6.19. The number of carbonyl (C=O) groups excluding carboxylic acids is 1. The van der Waals surface area contributed by atoms with Crippen molar-refractivity contribution in [3.8, 4) is 11.3 Å². The van der Waals surface area contributed by atoms with Crippen molar-refractivity contribution in [2.75, 3.05) is 20.3 Å². The van der Waals surface area contributed by atoms with Gasteiger partial charge in [-0.15, -0.1) is 0 Å². The molecule has 0 bridgehead atoms. The Kier molecular flexibility index (Phi) is 4.47. The number of aryl methyl sites for hydroxylation is 1. The third-order valence-corrected chi connectivity index (χ3v) is 2.84. The summed E-state index contributed by atoms with van der Waals surface area (Å²) in [7, 11) is 3.27. The van der Waals surface area contributed by atoms with E-state index >= 15 is 0 Å². The minimum absolute atomic E-state index is 0.217. The topological polar surface area (TPSA) is 56.1 Å². The fourth-order valence-electron chi connectivity index (χ4n) is 1.80. The summed E-state index contributed by atoms with van der Waals surface area (Å²) >= 11 is 0. The Labute approximate surface area is 116 Å². The van der Waals surface area contributed by atoms with Crippen molar-refractivity contribution in [3.05, 3.63) is 41.8 Å². The molecular weight excluding hydrogens is 261 g/mol. The number of nitrogens with zero attached hydrogens (tertiary/aromatic N) is 2. The summed E-state index contributed by atoms with van der Waals surface area (Å²) in [6.07, 6.45) is 0. The summed E-state index contributed by atoms with van der Waals surface area (Å²) in [5.41, 5.74) is 1.84. The quantitative estimate of drug-likeness (QED) is 0.845. The SMILES string of the molecule is COCCNC(=O)c1cc(-c2ccc(F)cc2)nn1C. The lowest BCUT2D eigenvalue weighted by molar-refractivity contribution is 0.0927. The predicted molar refractivity (Wildman–Crippen MR) is 72.8 cm³/mol. The number of halogens is 1. The molecule has 1 aromatic heterocycles. The molecule has 20 heavy (non-hydrogen) atoms. The van der Waals surface area contributed by atoms with E-state index in [1.807, 2.05) is 0 Å². The standard InChI is InChI=1S/C14H16FN3O2/c1-18-13(14(19)16-7-8-20-2)9-12(17-18)10-3-5-11(15)6-4-10/h3-6,9H,7-8H2,1-2H3,(H,16,19). The fourth-order valence-corrected chi connectivity index (χ4v) is 1.80. The molecule has 0 radical (unpaired) electrons. The van der Waals surface area contributed by atoms with Gasteiger partial charge in [0.05, 0.1) is 12.3 Å². The summed E-state index contributed by atoms with van der Waals surface area (Å²) < 4.78 is 19.3. The highest BCUT2D eigenvalue weighted by Crippen LogP contribution is 2.19. The number of amides is 1. The smallest absolute Gasteiger partial charge is 0.269 e. The lowest BCUT2D eigenvalue weighted by atomic mass is 10.1. The minimum Gasteiger partial charge on any atom is -0.383 e. The molecule has 106 valence electrons. The second-order valence-corrected chi connectivity index (χ2v) is 4.29. The van der Waals surface area contributed by atoms with Crippen LogP contribution in [0.1, 0.15) is 10.5 Å². The summed E-state index contributed by atoms with van der Waals surface area (Å²) in [6.45, 7) is 0.890. The van der Waals surface area contributed by atoms with E-state index in [0.717, 1.165) is 5.56 Å². The molecule has 0 saturated carbocycles. The van der Waals surface area contributed by atoms with Gasteiger partial charge in [0.25, 0.3) is 5.91 Å². The number of benzene rings is 1. The molecule has 0 saturated heterocycles. The van der Waals surface area contributed by atoms with Crippen LogP contribution in [0, 0.1) is 5.82 Å². The van der Waals surface area contributed by atoms with E-state index in [1.165, 1.54) is 16.8 Å². The molecule has 0 atom stereocenters. The van der Waals surface area contributed by atoms with Gasteiger partial charge < -0.3 is 10.1 Å². The van der Waals surface area contributed by atoms with E-state index < -0.39 is 0 Å². The van der Waals surface area contributed by atoms with Crippen molar-refractivity contribution < 1.29 is 13.9 Å². The van der Waals surface area contributed by atoms with Gasteiger partial charge in [0.15, 0.2) is 0 Å². The number of nitrogens with one attached hydrogen (secondary N) is 1. The summed E-state index contributed by atoms with van der Waals surface area (Å²) in [5.74, 6) is -0.521. The Balaban J connectivity index is 2.16. The van der Waals surface area contributed by atoms with E-state index in [0.29, 0.717) is 24.5 Å². The van der Waals surface area contributed by atoms with E-state index in [1.54, 1.807) is 32.4 Å². The van der Waals surface area contributed by atoms with Crippen LogP contribution >= 0.6 is 0 Å². The molecule has 0 unspecified atom stereocenters. The highest BCUT2D eigenvalue weighted by molar-refractivity contribution is 5.93. The maximum atomic E-state index is 12.9. The van der Waals surface area contributed by atoms with Crippen LogP contribution < -0.4 is 5.32 Å². The van der Waals surface area contributed by atoms with Gasteiger partial charge in [-0.3, -0.25) is 9.48 Å². The number of carbonyl (C=O) groups is 1. The molecule has 0 fully saturated rings. The average molecular weight is 277 g/mol. The summed E-state index contributed by atoms with van der Waals surface area (Å²) in [5, 5.41) is 6.99. The van der Waals surface area contributed by atoms with Crippen LogP contribution in [0.3, 0.4) is 0 Å². The third-order valence-electron chi connectivity index (χ3n) is 2.84. The Bertz CT molecular complexity index is 593. The molecule has 0 aliphatic carbocycles. The number of aromatic nitrogens is 2. The van der Waals surface area contributed by atoms with Gasteiger partial charge in [-0.25, -0.2) is 4.39 Å². The van der Waals surface area contributed by atoms with Gasteiger partial charge in [0, 0.05) is 26.3 Å². The second-order valence-electron chi connectivity index (χ2n) is 4.29. The van der Waals surface area contributed by atoms with Crippen molar-refractivity contribution >= 4 is 5.91 Å². The van der Waals surface area contributed by atoms with Crippen molar-refractivity contribution in [3.63, 3.8) is 0 Å². The number of hydrogen-bond acceptors (Lipinski definition) is 3. The number of rotatable bonds is 5. The maximum Gasteiger partial charge on any atom is 0.269 e. The Morgan fingerprint density at radius 3 is 2.75 bits per heavy atom. The highest BCUT2D eigenvalue weighted by atomic mass is 19.1. The summed E-state index contributed by atoms with van der Waals surface area (Å²) in [4.78, 5) is 12.0. The van der Waals surface area contributed by atoms with E-state index in [2.05, 4.69) is 10.4 Å². The van der Waals surface area contributed by atoms with Crippen molar-refractivity contribution in [1.29, 1.82) is 0 Å². The fraction of sp³-hybridized carbons (Fsp3) is 0.286. The Hall–Kier alpha value is -2.21. The number of hydrogen-bond donors (Lipinski definition) is 1. The van der Waals surface area contributed by atoms with Gasteiger partial charge in [0.1, 0.15) is 11.5 Å². The highest BCUT2D eigenvalue weighted by Gasteiger charge is 2.13. The van der Waals surface area contributed by atoms with Crippen molar-refractivity contribution in [2.24, 2.45) is 7.05 Å². The Morgan fingerprint density at radius 1 is 1.40 bits per heavy atom. The molecule has 1 N–H and O–H groups in total. The lowest BCUT2D eigenvalue weighted by Crippen LogP contribution is -2.28. The molecular formula is C14H16FN3O2. The molecule has 6 heteroatoms. The van der Waals surface area contributed by atoms with Gasteiger partial charge >= 0.3 is 0 Å². The van der Waals surface area contributed by atoms with Crippen LogP contribution in [0.5, 0.6) is 0 Å². The first-order valence-electron chi connectivity index (χ1n) is 6.19. The normalized spacial score (nSPS) is 10.6. The molecule has 5 nitrogen and oxygen atoms in total. The summed E-state index contributed by atoms with van der Waals surface area (Å²) in [6, 6.07) is 7.66. The van der Waals surface area contributed by atoms with Gasteiger partial charge in [-0.05, 0) is 30.3 Å². The van der Waals surface area contributed by atoms with E-state index in [-0.39, 0.29) is 11.7 Å². The third kappa shape index (κ3) is 3.21. The number of ether oxygens (including phenoxy) is 1. The molecule has 0 aliphatic rings. The van der Waals surface area contributed by atoms with Crippen LogP contribution in [0.15, 0.2) is 30.3 Å². The monoisotopic (exact) mass is 277 g/mol. The van der Waals surface area contributed by atoms with Crippen molar-refractivity contribution in [1.82, 2.24) is 15.1 Å². The van der Waals surface area contributed by atoms with Crippen LogP contribution in [-0.2, 0) is 11.8 Å². The Morgan fingerprint density at radius 2 is 2.10 bits per heavy atom. The van der Waals surface area contributed by atoms with Crippen LogP contribution in [-0.4, -0.2) is 35.9 Å². The molecule has 0 spiro atoms. The minimum atomic E-state index is -0.304. The molecule has 0 aliphatic heterocycles. The molecule has 1 aromatic carbocycles. The predicted octanol–water partition coefficient (Wildman–Crippen LogP) is 1.60. The van der Waals surface area contributed by atoms with Gasteiger partial charge in [-0.1, -0.05) is 0 Å². The van der Waals surface area contributed by atoms with Gasteiger partial charge in [-0.2, -0.15) is 5.10 Å². The maximum absolute atomic E-state index is 12.9. The van der Waals surface area contributed by atoms with Crippen LogP contribution in [0.25, 0.3) is 11.3 Å². The number of methoxy groups -OCH3 is 1. The van der Waals surface area contributed by atoms with Gasteiger partial charge in [0.2, 0.25) is 0 Å². The van der Waals surface area contributed by atoms with Crippen LogP contribution in [0.2, 0.25) is 0 Å². The van der Waals surface area contributed by atoms with Crippen LogP contribution in [0.4, 0.5) is 4.39 Å². The lowest BCUT2D eigenvalue weighted by Gasteiger charge is -2.03. The molecule has 1 heterocycles. The van der Waals surface area contributed by atoms with E-state index in [9.17, 15) is 9.18 Å². The van der Waals surface area contributed by atoms with Crippen molar-refractivity contribution in [2.45, 2.75) is 0 Å². The molecule has 2 rings (SSSR count). The zero-order valence-electron chi connectivity index (χ0n) is 11.4. The molecule has 2 aromatic rings. The zero-order valence-corrected chi connectivity index (χ0v) is 11.4. The largest absolute Gasteiger partial charge is 0.383 e. The first kappa shape index (κ1) is 14.2. The second kappa shape index (κ2) is 6.29.